The third-order valence-electron chi connectivity index (χ3n) is 3.09. The molecule has 1 aromatic carbocycles. The Bertz CT molecular complexity index is 577. The maximum atomic E-state index is 13.2. The predicted octanol–water partition coefficient (Wildman–Crippen LogP) is 2.83. The molecule has 2 rings (SSSR count). The number of halogens is 1. The van der Waals surface area contributed by atoms with E-state index in [1.807, 2.05) is 32.3 Å². The molecule has 0 spiro atoms. The minimum atomic E-state index is -0.278. The van der Waals surface area contributed by atoms with Crippen molar-refractivity contribution < 1.29 is 9.18 Å². The fraction of sp³-hybridized carbons (Fsp3) is 0.267. The van der Waals surface area contributed by atoms with Crippen molar-refractivity contribution in [1.29, 1.82) is 0 Å². The number of benzene rings is 1. The van der Waals surface area contributed by atoms with Gasteiger partial charge in [-0.25, -0.2) is 4.39 Å². The quantitative estimate of drug-likeness (QED) is 0.829. The normalized spacial score (nSPS) is 10.5. The van der Waals surface area contributed by atoms with E-state index >= 15 is 0 Å². The molecule has 0 saturated carbocycles. The zero-order valence-electron chi connectivity index (χ0n) is 11.1. The molecule has 19 heavy (non-hydrogen) atoms. The fourth-order valence-electron chi connectivity index (χ4n) is 2.03. The van der Waals surface area contributed by atoms with Crippen molar-refractivity contribution in [1.82, 2.24) is 9.47 Å². The molecule has 2 aromatic rings. The largest absolute Gasteiger partial charge is 0.347 e. The Hall–Kier alpha value is -2.10. The summed E-state index contributed by atoms with van der Waals surface area (Å²) >= 11 is 0. The lowest BCUT2D eigenvalue weighted by atomic mass is 10.2. The molecule has 0 atom stereocenters. The van der Waals surface area contributed by atoms with Gasteiger partial charge in [0.05, 0.1) is 0 Å². The molecule has 0 radical (unpaired) electrons. The summed E-state index contributed by atoms with van der Waals surface area (Å²) < 4.78 is 14.9. The lowest BCUT2D eigenvalue weighted by Crippen LogP contribution is -2.31. The molecule has 3 nitrogen and oxygen atoms in total. The zero-order chi connectivity index (χ0) is 13.8. The average molecular weight is 260 g/mol. The Kier molecular flexibility index (Phi) is 4.00. The van der Waals surface area contributed by atoms with E-state index < -0.39 is 0 Å². The monoisotopic (exact) mass is 260 g/mol. The predicted molar refractivity (Wildman–Crippen MR) is 72.2 cm³/mol. The number of carbonyl (C=O) groups is 1. The zero-order valence-corrected chi connectivity index (χ0v) is 11.1. The third kappa shape index (κ3) is 3.02. The topological polar surface area (TPSA) is 25.2 Å². The molecule has 1 aromatic heterocycles. The molecule has 0 aliphatic heterocycles. The van der Waals surface area contributed by atoms with E-state index in [4.69, 9.17) is 0 Å². The first-order valence-electron chi connectivity index (χ1n) is 6.27. The van der Waals surface area contributed by atoms with Crippen LogP contribution in [-0.2, 0) is 13.6 Å². The number of nitrogens with zero attached hydrogens (tertiary/aromatic N) is 2. The highest BCUT2D eigenvalue weighted by atomic mass is 19.1. The molecule has 1 amide bonds. The number of aryl methyl sites for hydroxylation is 1. The number of hydrogen-bond donors (Lipinski definition) is 0. The Balaban J connectivity index is 2.17. The lowest BCUT2D eigenvalue weighted by Gasteiger charge is -2.21. The van der Waals surface area contributed by atoms with Gasteiger partial charge in [0.15, 0.2) is 0 Å². The second-order valence-corrected chi connectivity index (χ2v) is 4.45. The maximum Gasteiger partial charge on any atom is 0.270 e. The van der Waals surface area contributed by atoms with Gasteiger partial charge in [-0.05, 0) is 36.8 Å². The number of carbonyl (C=O) groups excluding carboxylic acids is 1. The van der Waals surface area contributed by atoms with E-state index in [-0.39, 0.29) is 11.7 Å². The second-order valence-electron chi connectivity index (χ2n) is 4.45. The van der Waals surface area contributed by atoms with E-state index in [9.17, 15) is 9.18 Å². The van der Waals surface area contributed by atoms with Crippen LogP contribution in [0.3, 0.4) is 0 Å². The minimum absolute atomic E-state index is 0.0424. The molecular formula is C15H17FN2O. The number of hydrogen-bond acceptors (Lipinski definition) is 1. The van der Waals surface area contributed by atoms with Crippen LogP contribution in [0.15, 0.2) is 42.6 Å². The van der Waals surface area contributed by atoms with Crippen LogP contribution in [-0.4, -0.2) is 21.9 Å². The van der Waals surface area contributed by atoms with Crippen molar-refractivity contribution in [2.75, 3.05) is 6.54 Å². The molecule has 4 heteroatoms. The van der Waals surface area contributed by atoms with Gasteiger partial charge in [-0.3, -0.25) is 4.79 Å². The molecule has 0 N–H and O–H groups in total. The van der Waals surface area contributed by atoms with Gasteiger partial charge in [0.2, 0.25) is 0 Å². The molecule has 0 aliphatic carbocycles. The van der Waals surface area contributed by atoms with Crippen LogP contribution in [0.5, 0.6) is 0 Å². The minimum Gasteiger partial charge on any atom is -0.347 e. The van der Waals surface area contributed by atoms with Gasteiger partial charge in [-0.2, -0.15) is 0 Å². The van der Waals surface area contributed by atoms with E-state index in [0.29, 0.717) is 18.8 Å². The van der Waals surface area contributed by atoms with Gasteiger partial charge >= 0.3 is 0 Å². The fourth-order valence-corrected chi connectivity index (χ4v) is 2.03. The van der Waals surface area contributed by atoms with Crippen LogP contribution in [0, 0.1) is 5.82 Å². The Labute approximate surface area is 112 Å². The Morgan fingerprint density at radius 3 is 2.68 bits per heavy atom. The van der Waals surface area contributed by atoms with Gasteiger partial charge in [-0.15, -0.1) is 0 Å². The van der Waals surface area contributed by atoms with Crippen LogP contribution in [0.2, 0.25) is 0 Å². The van der Waals surface area contributed by atoms with E-state index in [2.05, 4.69) is 0 Å². The summed E-state index contributed by atoms with van der Waals surface area (Å²) in [6, 6.07) is 9.97. The van der Waals surface area contributed by atoms with E-state index in [1.54, 1.807) is 21.6 Å². The third-order valence-corrected chi connectivity index (χ3v) is 3.09. The van der Waals surface area contributed by atoms with Crippen molar-refractivity contribution in [3.63, 3.8) is 0 Å². The first kappa shape index (κ1) is 13.3. The lowest BCUT2D eigenvalue weighted by molar-refractivity contribution is 0.0743. The van der Waals surface area contributed by atoms with Crippen LogP contribution >= 0.6 is 0 Å². The number of amides is 1. The molecular weight excluding hydrogens is 243 g/mol. The summed E-state index contributed by atoms with van der Waals surface area (Å²) in [6.45, 7) is 2.92. The van der Waals surface area contributed by atoms with Crippen molar-refractivity contribution in [2.24, 2.45) is 7.05 Å². The molecule has 0 fully saturated rings. The summed E-state index contributed by atoms with van der Waals surface area (Å²) in [5.74, 6) is -0.320. The maximum absolute atomic E-state index is 13.2. The highest BCUT2D eigenvalue weighted by molar-refractivity contribution is 5.92. The number of rotatable bonds is 4. The summed E-state index contributed by atoms with van der Waals surface area (Å²) in [5, 5.41) is 0. The highest BCUT2D eigenvalue weighted by Crippen LogP contribution is 2.11. The van der Waals surface area contributed by atoms with Crippen LogP contribution in [0.1, 0.15) is 23.0 Å². The van der Waals surface area contributed by atoms with Gasteiger partial charge in [0.25, 0.3) is 5.91 Å². The van der Waals surface area contributed by atoms with Crippen LogP contribution in [0.25, 0.3) is 0 Å². The van der Waals surface area contributed by atoms with E-state index in [1.165, 1.54) is 12.1 Å². The van der Waals surface area contributed by atoms with Crippen molar-refractivity contribution >= 4 is 5.91 Å². The smallest absolute Gasteiger partial charge is 0.270 e. The Morgan fingerprint density at radius 1 is 1.32 bits per heavy atom. The van der Waals surface area contributed by atoms with Gasteiger partial charge < -0.3 is 9.47 Å². The summed E-state index contributed by atoms with van der Waals surface area (Å²) in [6.07, 6.45) is 1.84. The van der Waals surface area contributed by atoms with Crippen molar-refractivity contribution in [2.45, 2.75) is 13.5 Å². The molecule has 0 aliphatic rings. The van der Waals surface area contributed by atoms with Crippen molar-refractivity contribution in [3.8, 4) is 0 Å². The summed E-state index contributed by atoms with van der Waals surface area (Å²) in [5.41, 5.74) is 1.43. The van der Waals surface area contributed by atoms with E-state index in [0.717, 1.165) is 5.56 Å². The Morgan fingerprint density at radius 2 is 2.11 bits per heavy atom. The molecule has 100 valence electrons. The van der Waals surface area contributed by atoms with Gasteiger partial charge in [-0.1, -0.05) is 12.1 Å². The highest BCUT2D eigenvalue weighted by Gasteiger charge is 2.16. The van der Waals surface area contributed by atoms with Crippen LogP contribution in [0.4, 0.5) is 4.39 Å². The SMILES string of the molecule is CCN(Cc1cccc(F)c1)C(=O)c1cccn1C. The second kappa shape index (κ2) is 5.69. The molecule has 1 heterocycles. The molecule has 0 saturated heterocycles. The van der Waals surface area contributed by atoms with Crippen LogP contribution < -0.4 is 0 Å². The number of aromatic nitrogens is 1. The van der Waals surface area contributed by atoms with Crippen molar-refractivity contribution in [3.05, 3.63) is 59.7 Å². The molecule has 0 unspecified atom stereocenters. The van der Waals surface area contributed by atoms with Gasteiger partial charge in [0.1, 0.15) is 11.5 Å². The summed E-state index contributed by atoms with van der Waals surface area (Å²) in [7, 11) is 1.84. The summed E-state index contributed by atoms with van der Waals surface area (Å²) in [4.78, 5) is 14.1. The first-order valence-corrected chi connectivity index (χ1v) is 6.27. The van der Waals surface area contributed by atoms with Gasteiger partial charge in [0, 0.05) is 26.3 Å². The molecule has 0 bridgehead atoms. The standard InChI is InChI=1S/C15H17FN2O/c1-3-18(11-12-6-4-7-13(16)10-12)15(19)14-8-5-9-17(14)2/h4-10H,3,11H2,1-2H3. The average Bonchev–Trinajstić information content (AvgIpc) is 2.81. The first-order chi connectivity index (χ1) is 9.11.